The van der Waals surface area contributed by atoms with Crippen LogP contribution in [-0.2, 0) is 0 Å². The second-order valence-corrected chi connectivity index (χ2v) is 4.55. The number of carbonyl (C=O) groups is 1. The second kappa shape index (κ2) is 7.63. The van der Waals surface area contributed by atoms with Crippen molar-refractivity contribution in [3.63, 3.8) is 0 Å². The lowest BCUT2D eigenvalue weighted by Gasteiger charge is -2.17. The number of benzene rings is 1. The third kappa shape index (κ3) is 4.45. The molecule has 1 rings (SSSR count). The maximum absolute atomic E-state index is 13.6. The Bertz CT molecular complexity index is 537. The molecule has 0 bridgehead atoms. The summed E-state index contributed by atoms with van der Waals surface area (Å²) in [5.41, 5.74) is -1.47. The first-order chi connectivity index (χ1) is 9.88. The summed E-state index contributed by atoms with van der Waals surface area (Å²) in [5.74, 6) is -3.20. The summed E-state index contributed by atoms with van der Waals surface area (Å²) in [7, 11) is 1.43. The second-order valence-electron chi connectivity index (χ2n) is 4.55. The summed E-state index contributed by atoms with van der Waals surface area (Å²) in [6, 6.07) is 0.947. The first-order valence-corrected chi connectivity index (χ1v) is 6.38. The van der Waals surface area contributed by atoms with E-state index in [0.29, 0.717) is 37.9 Å². The fourth-order valence-corrected chi connectivity index (χ4v) is 1.79. The SMILES string of the molecule is CN(CCCCCO)C(=O)c1cc([N+](=O)[O-])c(F)cc1F. The number of rotatable bonds is 7. The van der Waals surface area contributed by atoms with Crippen molar-refractivity contribution >= 4 is 11.6 Å². The number of unbranched alkanes of at least 4 members (excludes halogenated alkanes) is 2. The molecule has 0 aliphatic carbocycles. The van der Waals surface area contributed by atoms with Crippen LogP contribution in [0.1, 0.15) is 29.6 Å². The molecule has 21 heavy (non-hydrogen) atoms. The van der Waals surface area contributed by atoms with E-state index in [1.54, 1.807) is 0 Å². The van der Waals surface area contributed by atoms with E-state index in [1.165, 1.54) is 11.9 Å². The van der Waals surface area contributed by atoms with Crippen molar-refractivity contribution in [1.29, 1.82) is 0 Å². The molecule has 0 radical (unpaired) electrons. The quantitative estimate of drug-likeness (QED) is 0.475. The lowest BCUT2D eigenvalue weighted by molar-refractivity contribution is -0.387. The minimum absolute atomic E-state index is 0.0520. The van der Waals surface area contributed by atoms with Gasteiger partial charge in [0.05, 0.1) is 10.5 Å². The minimum atomic E-state index is -1.32. The average molecular weight is 302 g/mol. The van der Waals surface area contributed by atoms with Gasteiger partial charge in [0.15, 0.2) is 0 Å². The van der Waals surface area contributed by atoms with Crippen molar-refractivity contribution in [2.24, 2.45) is 0 Å². The summed E-state index contributed by atoms with van der Waals surface area (Å²) in [6.45, 7) is 0.361. The van der Waals surface area contributed by atoms with E-state index in [4.69, 9.17) is 5.11 Å². The Morgan fingerprint density at radius 2 is 1.95 bits per heavy atom. The molecule has 0 aliphatic rings. The molecule has 0 unspecified atom stereocenters. The van der Waals surface area contributed by atoms with E-state index >= 15 is 0 Å². The van der Waals surface area contributed by atoms with E-state index in [0.717, 1.165) is 0 Å². The largest absolute Gasteiger partial charge is 0.396 e. The van der Waals surface area contributed by atoms with Crippen LogP contribution in [-0.4, -0.2) is 41.0 Å². The van der Waals surface area contributed by atoms with Crippen molar-refractivity contribution < 1.29 is 23.6 Å². The van der Waals surface area contributed by atoms with Crippen LogP contribution in [0.15, 0.2) is 12.1 Å². The number of hydrogen-bond acceptors (Lipinski definition) is 4. The lowest BCUT2D eigenvalue weighted by atomic mass is 10.1. The fraction of sp³-hybridized carbons (Fsp3) is 0.462. The van der Waals surface area contributed by atoms with Crippen LogP contribution in [0.5, 0.6) is 0 Å². The summed E-state index contributed by atoms with van der Waals surface area (Å²) in [4.78, 5) is 22.8. The first kappa shape index (κ1) is 17.0. The van der Waals surface area contributed by atoms with Gasteiger partial charge in [0.2, 0.25) is 5.82 Å². The zero-order valence-electron chi connectivity index (χ0n) is 11.5. The molecule has 0 atom stereocenters. The molecule has 1 aromatic rings. The Labute approximate surface area is 120 Å². The van der Waals surface area contributed by atoms with Crippen LogP contribution >= 0.6 is 0 Å². The van der Waals surface area contributed by atoms with Gasteiger partial charge < -0.3 is 10.0 Å². The third-order valence-corrected chi connectivity index (χ3v) is 2.96. The molecule has 0 saturated carbocycles. The van der Waals surface area contributed by atoms with Gasteiger partial charge in [0.1, 0.15) is 5.82 Å². The van der Waals surface area contributed by atoms with Crippen molar-refractivity contribution in [2.75, 3.05) is 20.2 Å². The van der Waals surface area contributed by atoms with Gasteiger partial charge in [-0.1, -0.05) is 0 Å². The first-order valence-electron chi connectivity index (χ1n) is 6.38. The van der Waals surface area contributed by atoms with Gasteiger partial charge in [0, 0.05) is 32.3 Å². The van der Waals surface area contributed by atoms with Crippen LogP contribution in [0.3, 0.4) is 0 Å². The number of carbonyl (C=O) groups excluding carboxylic acids is 1. The molecule has 1 aromatic carbocycles. The molecule has 0 fully saturated rings. The predicted octanol–water partition coefficient (Wildman–Crippen LogP) is 2.11. The van der Waals surface area contributed by atoms with E-state index in [2.05, 4.69) is 0 Å². The molecular weight excluding hydrogens is 286 g/mol. The smallest absolute Gasteiger partial charge is 0.305 e. The molecule has 6 nitrogen and oxygen atoms in total. The number of amides is 1. The molecule has 8 heteroatoms. The summed E-state index contributed by atoms with van der Waals surface area (Å²) in [5, 5.41) is 19.3. The number of hydrogen-bond donors (Lipinski definition) is 1. The molecule has 1 amide bonds. The van der Waals surface area contributed by atoms with Gasteiger partial charge in [-0.05, 0) is 19.3 Å². The third-order valence-electron chi connectivity index (χ3n) is 2.96. The van der Waals surface area contributed by atoms with Gasteiger partial charge in [0.25, 0.3) is 5.91 Å². The number of halogens is 2. The molecular formula is C13H16F2N2O4. The maximum atomic E-state index is 13.6. The average Bonchev–Trinajstić information content (AvgIpc) is 2.42. The zero-order chi connectivity index (χ0) is 16.0. The van der Waals surface area contributed by atoms with Crippen LogP contribution in [0.25, 0.3) is 0 Å². The number of nitro benzene ring substituents is 1. The Hall–Kier alpha value is -2.09. The van der Waals surface area contributed by atoms with Crippen LogP contribution in [0.4, 0.5) is 14.5 Å². The highest BCUT2D eigenvalue weighted by atomic mass is 19.1. The fourth-order valence-electron chi connectivity index (χ4n) is 1.79. The highest BCUT2D eigenvalue weighted by Gasteiger charge is 2.24. The Balaban J connectivity index is 2.86. The van der Waals surface area contributed by atoms with Crippen molar-refractivity contribution in [3.8, 4) is 0 Å². The van der Waals surface area contributed by atoms with Gasteiger partial charge >= 0.3 is 5.69 Å². The Morgan fingerprint density at radius 1 is 1.29 bits per heavy atom. The summed E-state index contributed by atoms with van der Waals surface area (Å²) in [6.07, 6.45) is 1.90. The van der Waals surface area contributed by atoms with Gasteiger partial charge in [-0.3, -0.25) is 14.9 Å². The number of aliphatic hydroxyl groups is 1. The molecule has 0 aromatic heterocycles. The number of aliphatic hydroxyl groups excluding tert-OH is 1. The Kier molecular flexibility index (Phi) is 6.16. The van der Waals surface area contributed by atoms with E-state index < -0.39 is 33.7 Å². The van der Waals surface area contributed by atoms with Gasteiger partial charge in [-0.15, -0.1) is 0 Å². The van der Waals surface area contributed by atoms with Crippen LogP contribution in [0.2, 0.25) is 0 Å². The monoisotopic (exact) mass is 302 g/mol. The van der Waals surface area contributed by atoms with Gasteiger partial charge in [-0.25, -0.2) is 4.39 Å². The number of nitrogens with zero attached hydrogens (tertiary/aromatic N) is 2. The highest BCUT2D eigenvalue weighted by molar-refractivity contribution is 5.95. The molecule has 0 heterocycles. The maximum Gasteiger partial charge on any atom is 0.305 e. The van der Waals surface area contributed by atoms with Crippen LogP contribution < -0.4 is 0 Å². The molecule has 0 aliphatic heterocycles. The topological polar surface area (TPSA) is 83.7 Å². The molecule has 0 saturated heterocycles. The molecule has 1 N–H and O–H groups in total. The van der Waals surface area contributed by atoms with Crippen molar-refractivity contribution in [3.05, 3.63) is 39.4 Å². The summed E-state index contributed by atoms with van der Waals surface area (Å²) < 4.78 is 26.8. The summed E-state index contributed by atoms with van der Waals surface area (Å²) >= 11 is 0. The zero-order valence-corrected chi connectivity index (χ0v) is 11.5. The minimum Gasteiger partial charge on any atom is -0.396 e. The van der Waals surface area contributed by atoms with E-state index in [9.17, 15) is 23.7 Å². The Morgan fingerprint density at radius 3 is 2.52 bits per heavy atom. The normalized spacial score (nSPS) is 10.5. The standard InChI is InChI=1S/C13H16F2N2O4/c1-16(5-3-2-4-6-18)13(19)9-7-12(17(20)21)11(15)8-10(9)14/h7-8,18H,2-6H2,1H3. The van der Waals surface area contributed by atoms with E-state index in [1.807, 2.05) is 0 Å². The highest BCUT2D eigenvalue weighted by Crippen LogP contribution is 2.22. The van der Waals surface area contributed by atoms with Gasteiger partial charge in [-0.2, -0.15) is 4.39 Å². The molecule has 0 spiro atoms. The number of nitro groups is 1. The van der Waals surface area contributed by atoms with Crippen molar-refractivity contribution in [2.45, 2.75) is 19.3 Å². The van der Waals surface area contributed by atoms with Crippen molar-refractivity contribution in [1.82, 2.24) is 4.90 Å². The van der Waals surface area contributed by atoms with E-state index in [-0.39, 0.29) is 6.61 Å². The lowest BCUT2D eigenvalue weighted by Crippen LogP contribution is -2.28. The van der Waals surface area contributed by atoms with Crippen LogP contribution in [0, 0.1) is 21.7 Å². The predicted molar refractivity (Wildman–Crippen MR) is 70.9 cm³/mol. The molecule has 116 valence electrons.